The summed E-state index contributed by atoms with van der Waals surface area (Å²) in [5.41, 5.74) is 2.39. The fraction of sp³-hybridized carbons (Fsp3) is 0.0556. The predicted molar refractivity (Wildman–Crippen MR) is 107 cm³/mol. The normalized spacial score (nSPS) is 11.7. The van der Waals surface area contributed by atoms with Crippen molar-refractivity contribution in [2.24, 2.45) is 15.5 Å². The number of nitrogens with zero attached hydrogens (tertiary/aromatic N) is 2. The molecule has 0 aromatic heterocycles. The van der Waals surface area contributed by atoms with E-state index in [1.807, 2.05) is 12.1 Å². The number of phenolic OH excluding ortho intramolecular Hbond substituents is 1. The molecule has 0 aliphatic carbocycles. The maximum atomic E-state index is 11.9. The Morgan fingerprint density at radius 3 is 2.66 bits per heavy atom. The lowest BCUT2D eigenvalue weighted by Crippen LogP contribution is -2.24. The highest BCUT2D eigenvalue weighted by Gasteiger charge is 2.12. The second-order valence-electron chi connectivity index (χ2n) is 5.82. The van der Waals surface area contributed by atoms with Crippen LogP contribution in [0, 0.1) is 0 Å². The van der Waals surface area contributed by atoms with E-state index in [0.717, 1.165) is 11.5 Å². The maximum absolute atomic E-state index is 11.9. The molecule has 150 valence electrons. The Morgan fingerprint density at radius 2 is 1.93 bits per heavy atom. The van der Waals surface area contributed by atoms with Crippen molar-refractivity contribution in [2.75, 3.05) is 6.61 Å². The molecule has 0 radical (unpaired) electrons. The third-order valence-corrected chi connectivity index (χ3v) is 5.00. The van der Waals surface area contributed by atoms with Gasteiger partial charge in [-0.05, 0) is 29.7 Å². The van der Waals surface area contributed by atoms with Gasteiger partial charge in [-0.1, -0.05) is 47.2 Å². The van der Waals surface area contributed by atoms with E-state index in [9.17, 15) is 18.3 Å². The van der Waals surface area contributed by atoms with Crippen molar-refractivity contribution in [1.29, 1.82) is 0 Å². The summed E-state index contributed by atoms with van der Waals surface area (Å²) in [6.07, 6.45) is 0. The smallest absolute Gasteiger partial charge is 0.279 e. The van der Waals surface area contributed by atoms with Gasteiger partial charge in [-0.3, -0.25) is 4.79 Å². The number of ether oxygens (including phenoxy) is 1. The Kier molecular flexibility index (Phi) is 5.97. The van der Waals surface area contributed by atoms with Gasteiger partial charge in [0.15, 0.2) is 6.61 Å². The van der Waals surface area contributed by atoms with E-state index in [0.29, 0.717) is 5.39 Å². The first kappa shape index (κ1) is 20.5. The van der Waals surface area contributed by atoms with Crippen molar-refractivity contribution in [2.45, 2.75) is 4.90 Å². The summed E-state index contributed by atoms with van der Waals surface area (Å²) >= 11 is 5.93. The summed E-state index contributed by atoms with van der Waals surface area (Å²) in [4.78, 5) is 11.7. The van der Waals surface area contributed by atoms with Gasteiger partial charge in [0.1, 0.15) is 17.2 Å². The van der Waals surface area contributed by atoms with Gasteiger partial charge < -0.3 is 9.84 Å². The first-order valence-corrected chi connectivity index (χ1v) is 10.0. The first-order chi connectivity index (χ1) is 13.8. The van der Waals surface area contributed by atoms with Crippen LogP contribution < -0.4 is 15.3 Å². The first-order valence-electron chi connectivity index (χ1n) is 8.11. The lowest BCUT2D eigenvalue weighted by Gasteiger charge is -2.08. The quantitative estimate of drug-likeness (QED) is 0.403. The number of amides is 1. The van der Waals surface area contributed by atoms with Crippen molar-refractivity contribution in [3.63, 3.8) is 0 Å². The van der Waals surface area contributed by atoms with Crippen LogP contribution >= 0.6 is 11.6 Å². The molecule has 3 aromatic carbocycles. The van der Waals surface area contributed by atoms with Gasteiger partial charge in [0.2, 0.25) is 10.0 Å². The van der Waals surface area contributed by atoms with Gasteiger partial charge in [-0.25, -0.2) is 19.0 Å². The molecular weight excluding hydrogens is 420 g/mol. The molecule has 0 bridgehead atoms. The number of primary sulfonamides is 1. The summed E-state index contributed by atoms with van der Waals surface area (Å²) in [6.45, 7) is -0.449. The molecule has 0 unspecified atom stereocenters. The molecular formula is C18H15ClN4O5S. The number of rotatable bonds is 6. The number of nitrogens with two attached hydrogens (primary N) is 1. The summed E-state index contributed by atoms with van der Waals surface area (Å²) in [5, 5.41) is 24.0. The van der Waals surface area contributed by atoms with E-state index in [4.69, 9.17) is 21.5 Å². The minimum absolute atomic E-state index is 0.0216. The van der Waals surface area contributed by atoms with E-state index in [-0.39, 0.29) is 27.1 Å². The lowest BCUT2D eigenvalue weighted by atomic mass is 10.1. The second kappa shape index (κ2) is 8.43. The molecule has 0 heterocycles. The van der Waals surface area contributed by atoms with Crippen molar-refractivity contribution >= 4 is 44.0 Å². The zero-order valence-electron chi connectivity index (χ0n) is 14.7. The molecule has 3 aromatic rings. The minimum atomic E-state index is -3.90. The monoisotopic (exact) mass is 434 g/mol. The molecule has 3 rings (SSSR count). The SMILES string of the molecule is NS(=O)(=O)c1ccc(OCC(=O)NN=Nc2c(O)ccc3ccccc23)c(Cl)c1. The molecule has 0 atom stereocenters. The number of hydrogen-bond donors (Lipinski definition) is 3. The predicted octanol–water partition coefficient (Wildman–Crippen LogP) is 3.04. The maximum Gasteiger partial charge on any atom is 0.279 e. The highest BCUT2D eigenvalue weighted by Crippen LogP contribution is 2.34. The molecule has 0 spiro atoms. The molecule has 1 amide bonds. The number of benzene rings is 3. The van der Waals surface area contributed by atoms with Crippen LogP contribution in [-0.2, 0) is 14.8 Å². The molecule has 29 heavy (non-hydrogen) atoms. The molecule has 0 aliphatic heterocycles. The lowest BCUT2D eigenvalue weighted by molar-refractivity contribution is -0.123. The van der Waals surface area contributed by atoms with E-state index in [1.54, 1.807) is 18.2 Å². The van der Waals surface area contributed by atoms with Crippen LogP contribution in [0.4, 0.5) is 5.69 Å². The van der Waals surface area contributed by atoms with Crippen LogP contribution in [-0.4, -0.2) is 26.0 Å². The van der Waals surface area contributed by atoms with Gasteiger partial charge in [-0.2, -0.15) is 0 Å². The van der Waals surface area contributed by atoms with Crippen molar-refractivity contribution in [1.82, 2.24) is 5.43 Å². The average molecular weight is 435 g/mol. The molecule has 11 heteroatoms. The van der Waals surface area contributed by atoms with Crippen molar-refractivity contribution in [3.8, 4) is 11.5 Å². The Balaban J connectivity index is 1.63. The number of hydrogen-bond acceptors (Lipinski definition) is 7. The minimum Gasteiger partial charge on any atom is -0.506 e. The summed E-state index contributed by atoms with van der Waals surface area (Å²) in [6, 6.07) is 14.1. The van der Waals surface area contributed by atoms with Gasteiger partial charge in [-0.15, -0.1) is 5.11 Å². The molecule has 0 saturated carbocycles. The number of phenols is 1. The molecule has 0 saturated heterocycles. The molecule has 0 fully saturated rings. The zero-order valence-corrected chi connectivity index (χ0v) is 16.3. The number of halogens is 1. The number of nitrogens with one attached hydrogen (secondary N) is 1. The summed E-state index contributed by atoms with van der Waals surface area (Å²) in [5.74, 6) is -0.627. The summed E-state index contributed by atoms with van der Waals surface area (Å²) in [7, 11) is -3.90. The Hall–Kier alpha value is -3.21. The van der Waals surface area contributed by atoms with E-state index in [2.05, 4.69) is 15.8 Å². The van der Waals surface area contributed by atoms with Gasteiger partial charge in [0.05, 0.1) is 9.92 Å². The van der Waals surface area contributed by atoms with Gasteiger partial charge >= 0.3 is 0 Å². The Morgan fingerprint density at radius 1 is 1.17 bits per heavy atom. The highest BCUT2D eigenvalue weighted by molar-refractivity contribution is 7.89. The van der Waals surface area contributed by atoms with Gasteiger partial charge in [0, 0.05) is 5.39 Å². The number of sulfonamides is 1. The number of aromatic hydroxyl groups is 1. The van der Waals surface area contributed by atoms with Crippen LogP contribution in [0.1, 0.15) is 0 Å². The second-order valence-corrected chi connectivity index (χ2v) is 7.78. The van der Waals surface area contributed by atoms with Gasteiger partial charge in [0.25, 0.3) is 5.91 Å². The molecule has 4 N–H and O–H groups in total. The van der Waals surface area contributed by atoms with E-state index < -0.39 is 22.5 Å². The van der Waals surface area contributed by atoms with Crippen molar-refractivity contribution < 1.29 is 23.1 Å². The van der Waals surface area contributed by atoms with Crippen LogP contribution in [0.2, 0.25) is 5.02 Å². The largest absolute Gasteiger partial charge is 0.506 e. The molecule has 0 aliphatic rings. The number of carbonyl (C=O) groups is 1. The standard InChI is InChI=1S/C18H15ClN4O5S/c19-14-9-12(29(20,26)27)6-8-16(14)28-10-17(25)21-23-22-18-13-4-2-1-3-11(13)5-7-15(18)24/h1-9,24H,10H2,(H2,20,26,27)(H,21,22,25). The van der Waals surface area contributed by atoms with Crippen LogP contribution in [0.15, 0.2) is 69.8 Å². The third-order valence-electron chi connectivity index (χ3n) is 3.79. The zero-order chi connectivity index (χ0) is 21.0. The summed E-state index contributed by atoms with van der Waals surface area (Å²) < 4.78 is 27.8. The fourth-order valence-corrected chi connectivity index (χ4v) is 3.27. The number of carbonyl (C=O) groups excluding carboxylic acids is 1. The topological polar surface area (TPSA) is 143 Å². The number of fused-ring (bicyclic) bond motifs is 1. The Bertz CT molecular complexity index is 1210. The fourth-order valence-electron chi connectivity index (χ4n) is 2.43. The van der Waals surface area contributed by atoms with Crippen LogP contribution in [0.5, 0.6) is 11.5 Å². The van der Waals surface area contributed by atoms with Crippen molar-refractivity contribution in [3.05, 3.63) is 59.6 Å². The van der Waals surface area contributed by atoms with Crippen LogP contribution in [0.25, 0.3) is 10.8 Å². The third kappa shape index (κ3) is 4.99. The average Bonchev–Trinajstić information content (AvgIpc) is 2.68. The highest BCUT2D eigenvalue weighted by atomic mass is 35.5. The van der Waals surface area contributed by atoms with Crippen LogP contribution in [0.3, 0.4) is 0 Å². The Labute approximate surface area is 170 Å². The van der Waals surface area contributed by atoms with E-state index in [1.165, 1.54) is 18.2 Å². The molecule has 9 nitrogen and oxygen atoms in total. The van der Waals surface area contributed by atoms with E-state index >= 15 is 0 Å².